The molecule has 4 rings (SSSR count). The van der Waals surface area contributed by atoms with Crippen LogP contribution in [-0.4, -0.2) is 36.8 Å². The van der Waals surface area contributed by atoms with Gasteiger partial charge in [-0.15, -0.1) is 0 Å². The maximum atomic E-state index is 12.0. The third kappa shape index (κ3) is 8.31. The van der Waals surface area contributed by atoms with E-state index in [1.165, 1.54) is 18.2 Å². The average molecular weight is 527 g/mol. The van der Waals surface area contributed by atoms with Crippen molar-refractivity contribution in [3.63, 3.8) is 0 Å². The first-order chi connectivity index (χ1) is 17.8. The fourth-order valence-electron chi connectivity index (χ4n) is 5.09. The number of carbonyl (C=O) groups is 1. The van der Waals surface area contributed by atoms with Crippen LogP contribution in [0.3, 0.4) is 0 Å². The van der Waals surface area contributed by atoms with Crippen LogP contribution in [0.1, 0.15) is 86.3 Å². The topological polar surface area (TPSA) is 65.0 Å². The zero-order valence-electron chi connectivity index (χ0n) is 22.5. The number of methoxy groups -OCH3 is 1. The highest BCUT2D eigenvalue weighted by Gasteiger charge is 2.45. The standard InChI is InChI=1S/C31H42O5S/c1-30(2,33)26-12-5-4-10-24(26)14-15-27(37-22-31(16-17-31)20-28(32)34-3)25-11-8-9-23(19-25)21-36-29-13-6-7-18-35-29/h4-5,8-12,19,27,29,33H,6-7,13-18,20-22H2,1-3H3/t27?,29-/m1/s1. The molecule has 5 nitrogen and oxygen atoms in total. The molecule has 1 heterocycles. The Morgan fingerprint density at radius 3 is 2.70 bits per heavy atom. The molecule has 0 amide bonds. The van der Waals surface area contributed by atoms with Gasteiger partial charge in [-0.2, -0.15) is 11.8 Å². The van der Waals surface area contributed by atoms with Gasteiger partial charge in [-0.3, -0.25) is 4.79 Å². The summed E-state index contributed by atoms with van der Waals surface area (Å²) in [5.41, 5.74) is 3.80. The van der Waals surface area contributed by atoms with E-state index < -0.39 is 5.60 Å². The van der Waals surface area contributed by atoms with Crippen molar-refractivity contribution in [3.05, 3.63) is 70.8 Å². The second-order valence-corrected chi connectivity index (χ2v) is 12.4. The van der Waals surface area contributed by atoms with E-state index >= 15 is 0 Å². The molecule has 2 aliphatic rings. The van der Waals surface area contributed by atoms with Gasteiger partial charge in [-0.25, -0.2) is 0 Å². The van der Waals surface area contributed by atoms with Crippen molar-refractivity contribution in [1.82, 2.24) is 0 Å². The molecule has 2 aromatic carbocycles. The van der Waals surface area contributed by atoms with Crippen molar-refractivity contribution < 1.29 is 24.1 Å². The highest BCUT2D eigenvalue weighted by atomic mass is 32.2. The SMILES string of the molecule is COC(=O)CC1(CSC(CCc2ccccc2C(C)(C)O)c2cccc(CO[C@@H]3CCCCO3)c2)CC1. The van der Waals surface area contributed by atoms with Gasteiger partial charge in [0.1, 0.15) is 0 Å². The van der Waals surface area contributed by atoms with Crippen molar-refractivity contribution in [3.8, 4) is 0 Å². The van der Waals surface area contributed by atoms with E-state index in [9.17, 15) is 9.90 Å². The average Bonchev–Trinajstić information content (AvgIpc) is 3.67. The van der Waals surface area contributed by atoms with Gasteiger partial charge in [-0.05, 0) is 86.5 Å². The number of hydrogen-bond acceptors (Lipinski definition) is 6. The Morgan fingerprint density at radius 2 is 2.00 bits per heavy atom. The summed E-state index contributed by atoms with van der Waals surface area (Å²) in [5.74, 6) is 0.828. The van der Waals surface area contributed by atoms with E-state index in [4.69, 9.17) is 14.2 Å². The van der Waals surface area contributed by atoms with Crippen molar-refractivity contribution >= 4 is 17.7 Å². The molecule has 37 heavy (non-hydrogen) atoms. The molecule has 1 unspecified atom stereocenters. The summed E-state index contributed by atoms with van der Waals surface area (Å²) in [7, 11) is 1.47. The molecule has 1 aliphatic carbocycles. The Labute approximate surface area is 226 Å². The van der Waals surface area contributed by atoms with Crippen LogP contribution < -0.4 is 0 Å². The molecule has 1 saturated carbocycles. The normalized spacial score (nSPS) is 19.8. The molecule has 1 aliphatic heterocycles. The smallest absolute Gasteiger partial charge is 0.306 e. The third-order valence-corrected chi connectivity index (χ3v) is 9.23. The Morgan fingerprint density at radius 1 is 1.19 bits per heavy atom. The minimum atomic E-state index is -0.879. The molecule has 0 aromatic heterocycles. The van der Waals surface area contributed by atoms with Crippen molar-refractivity contribution in [2.45, 2.75) is 89.0 Å². The Balaban J connectivity index is 1.47. The highest BCUT2D eigenvalue weighted by molar-refractivity contribution is 7.99. The summed E-state index contributed by atoms with van der Waals surface area (Å²) in [6, 6.07) is 16.9. The molecule has 2 aromatic rings. The monoisotopic (exact) mass is 526 g/mol. The van der Waals surface area contributed by atoms with E-state index in [2.05, 4.69) is 30.3 Å². The van der Waals surface area contributed by atoms with Crippen LogP contribution in [0.2, 0.25) is 0 Å². The van der Waals surface area contributed by atoms with Crippen LogP contribution in [0.15, 0.2) is 48.5 Å². The number of hydrogen-bond donors (Lipinski definition) is 1. The van der Waals surface area contributed by atoms with E-state index in [0.717, 1.165) is 68.4 Å². The third-order valence-electron chi connectivity index (χ3n) is 7.54. The van der Waals surface area contributed by atoms with Crippen LogP contribution in [0.5, 0.6) is 0 Å². The highest BCUT2D eigenvalue weighted by Crippen LogP contribution is 2.53. The number of thioether (sulfide) groups is 1. The molecule has 202 valence electrons. The fourth-order valence-corrected chi connectivity index (χ4v) is 6.66. The van der Waals surface area contributed by atoms with E-state index in [-0.39, 0.29) is 22.9 Å². The van der Waals surface area contributed by atoms with Gasteiger partial charge < -0.3 is 19.3 Å². The minimum Gasteiger partial charge on any atom is -0.469 e. The summed E-state index contributed by atoms with van der Waals surface area (Å²) >= 11 is 1.95. The predicted octanol–water partition coefficient (Wildman–Crippen LogP) is 6.71. The van der Waals surface area contributed by atoms with Gasteiger partial charge in [0.2, 0.25) is 0 Å². The molecule has 6 heteroatoms. The number of ether oxygens (including phenoxy) is 3. The molecule has 0 spiro atoms. The zero-order chi connectivity index (χ0) is 26.3. The first kappa shape index (κ1) is 28.2. The number of aliphatic hydroxyl groups is 1. The molecular weight excluding hydrogens is 484 g/mol. The van der Waals surface area contributed by atoms with Crippen molar-refractivity contribution in [1.29, 1.82) is 0 Å². The second kappa shape index (κ2) is 12.8. The van der Waals surface area contributed by atoms with E-state index in [0.29, 0.717) is 13.0 Å². The summed E-state index contributed by atoms with van der Waals surface area (Å²) in [4.78, 5) is 12.0. The lowest BCUT2D eigenvalue weighted by atomic mass is 9.90. The molecule has 2 fully saturated rings. The summed E-state index contributed by atoms with van der Waals surface area (Å²) in [5, 5.41) is 11.0. The van der Waals surface area contributed by atoms with E-state index in [1.807, 2.05) is 43.8 Å². The van der Waals surface area contributed by atoms with Gasteiger partial charge in [0.15, 0.2) is 6.29 Å². The van der Waals surface area contributed by atoms with Gasteiger partial charge in [0.05, 0.1) is 25.7 Å². The number of esters is 1. The predicted molar refractivity (Wildman–Crippen MR) is 148 cm³/mol. The number of aryl methyl sites for hydroxylation is 1. The zero-order valence-corrected chi connectivity index (χ0v) is 23.4. The first-order valence-electron chi connectivity index (χ1n) is 13.6. The van der Waals surface area contributed by atoms with Crippen LogP contribution in [0, 0.1) is 5.41 Å². The summed E-state index contributed by atoms with van der Waals surface area (Å²) in [6.07, 6.45) is 7.61. The first-order valence-corrected chi connectivity index (χ1v) is 14.6. The summed E-state index contributed by atoms with van der Waals surface area (Å²) < 4.78 is 16.8. The Kier molecular flexibility index (Phi) is 9.73. The van der Waals surface area contributed by atoms with Gasteiger partial charge in [0, 0.05) is 17.6 Å². The van der Waals surface area contributed by atoms with Gasteiger partial charge in [-0.1, -0.05) is 48.5 Å². The summed E-state index contributed by atoms with van der Waals surface area (Å²) in [6.45, 7) is 5.02. The number of rotatable bonds is 13. The van der Waals surface area contributed by atoms with Gasteiger partial charge >= 0.3 is 5.97 Å². The van der Waals surface area contributed by atoms with Crippen molar-refractivity contribution in [2.75, 3.05) is 19.5 Å². The fraction of sp³-hybridized carbons (Fsp3) is 0.581. The van der Waals surface area contributed by atoms with Crippen LogP contribution in [0.25, 0.3) is 0 Å². The van der Waals surface area contributed by atoms with Crippen molar-refractivity contribution in [2.24, 2.45) is 5.41 Å². The number of benzene rings is 2. The Hall–Kier alpha value is -1.86. The molecule has 2 atom stereocenters. The Bertz CT molecular complexity index is 1020. The molecule has 1 saturated heterocycles. The number of carbonyl (C=O) groups excluding carboxylic acids is 1. The largest absolute Gasteiger partial charge is 0.469 e. The van der Waals surface area contributed by atoms with Crippen LogP contribution in [0.4, 0.5) is 0 Å². The van der Waals surface area contributed by atoms with Crippen LogP contribution in [-0.2, 0) is 37.6 Å². The second-order valence-electron chi connectivity index (χ2n) is 11.2. The van der Waals surface area contributed by atoms with E-state index in [1.54, 1.807) is 0 Å². The lowest BCUT2D eigenvalue weighted by Crippen LogP contribution is -2.22. The molecule has 0 bridgehead atoms. The lowest BCUT2D eigenvalue weighted by Gasteiger charge is -2.25. The maximum Gasteiger partial charge on any atom is 0.306 e. The lowest BCUT2D eigenvalue weighted by molar-refractivity contribution is -0.168. The molecular formula is C31H42O5S. The molecule has 0 radical (unpaired) electrons. The van der Waals surface area contributed by atoms with Crippen LogP contribution >= 0.6 is 11.8 Å². The quantitative estimate of drug-likeness (QED) is 0.293. The van der Waals surface area contributed by atoms with Gasteiger partial charge in [0.25, 0.3) is 0 Å². The minimum absolute atomic E-state index is 0.0695. The maximum absolute atomic E-state index is 12.0. The molecule has 1 N–H and O–H groups in total.